The van der Waals surface area contributed by atoms with Crippen LogP contribution in [0.5, 0.6) is 0 Å². The minimum Gasteiger partial charge on any atom is -0.390 e. The molecular formula is C22H32O4. The maximum Gasteiger partial charge on any atom is 0.159 e. The zero-order chi connectivity index (χ0) is 19.1. The van der Waals surface area contributed by atoms with Gasteiger partial charge < -0.3 is 15.3 Å². The largest absolute Gasteiger partial charge is 0.390 e. The Kier molecular flexibility index (Phi) is 3.91. The van der Waals surface area contributed by atoms with Crippen LogP contribution in [0.15, 0.2) is 23.8 Å². The van der Waals surface area contributed by atoms with E-state index in [4.69, 9.17) is 0 Å². The molecule has 3 fully saturated rings. The van der Waals surface area contributed by atoms with Gasteiger partial charge in [-0.25, -0.2) is 0 Å². The average Bonchev–Trinajstić information content (AvgIpc) is 2.83. The van der Waals surface area contributed by atoms with Crippen LogP contribution in [-0.2, 0) is 4.79 Å². The van der Waals surface area contributed by atoms with Crippen LogP contribution in [0, 0.1) is 28.6 Å². The van der Waals surface area contributed by atoms with E-state index in [-0.39, 0.29) is 29.0 Å². The van der Waals surface area contributed by atoms with E-state index in [2.05, 4.69) is 20.4 Å². The van der Waals surface area contributed by atoms with E-state index in [1.165, 1.54) is 0 Å². The second-order valence-corrected chi connectivity index (χ2v) is 9.94. The fourth-order valence-electron chi connectivity index (χ4n) is 7.16. The lowest BCUT2D eigenvalue weighted by molar-refractivity contribution is -0.151. The minimum absolute atomic E-state index is 0.0150. The van der Waals surface area contributed by atoms with Gasteiger partial charge in [-0.2, -0.15) is 0 Å². The third kappa shape index (κ3) is 2.10. The smallest absolute Gasteiger partial charge is 0.159 e. The summed E-state index contributed by atoms with van der Waals surface area (Å²) in [7, 11) is 0. The topological polar surface area (TPSA) is 77.8 Å². The maximum atomic E-state index is 13.0. The molecule has 4 nitrogen and oxygen atoms in total. The predicted molar refractivity (Wildman–Crippen MR) is 99.3 cm³/mol. The van der Waals surface area contributed by atoms with Gasteiger partial charge in [0.25, 0.3) is 0 Å². The summed E-state index contributed by atoms with van der Waals surface area (Å²) in [5, 5.41) is 32.3. The molecule has 3 N–H and O–H groups in total. The normalized spacial score (nSPS) is 53.4. The summed E-state index contributed by atoms with van der Waals surface area (Å²) < 4.78 is 0. The molecular weight excluding hydrogens is 328 g/mol. The van der Waals surface area contributed by atoms with Crippen molar-refractivity contribution in [2.24, 2.45) is 28.6 Å². The van der Waals surface area contributed by atoms with Crippen LogP contribution in [0.1, 0.15) is 59.3 Å². The molecule has 0 amide bonds. The van der Waals surface area contributed by atoms with Crippen molar-refractivity contribution in [2.75, 3.05) is 0 Å². The molecule has 4 heteroatoms. The van der Waals surface area contributed by atoms with E-state index >= 15 is 0 Å². The monoisotopic (exact) mass is 360 g/mol. The molecule has 0 spiro atoms. The van der Waals surface area contributed by atoms with E-state index in [1.54, 1.807) is 6.08 Å². The van der Waals surface area contributed by atoms with Gasteiger partial charge in [0.1, 0.15) is 0 Å². The van der Waals surface area contributed by atoms with Crippen LogP contribution in [-0.4, -0.2) is 38.9 Å². The number of aliphatic hydroxyl groups excluding tert-OH is 2. The highest BCUT2D eigenvalue weighted by molar-refractivity contribution is 5.95. The Morgan fingerprint density at radius 2 is 1.85 bits per heavy atom. The van der Waals surface area contributed by atoms with Crippen molar-refractivity contribution in [1.82, 2.24) is 0 Å². The standard InChI is InChI=1S/C22H32O4/c1-12(2)13-6-8-22(26)15-9-17(23)16-10-18(24)19(25)11-20(16,3)14(15)5-7-21(13,22)4/h9,13-14,16,18-19,24-26H,1,5-8,10-11H2,2-4H3/t13?,14?,16?,18-,19?,20?,21?,22-/m1/s1. The van der Waals surface area contributed by atoms with Crippen molar-refractivity contribution in [2.45, 2.75) is 77.1 Å². The highest BCUT2D eigenvalue weighted by Gasteiger charge is 2.66. The summed E-state index contributed by atoms with van der Waals surface area (Å²) in [5.41, 5.74) is 0.368. The van der Waals surface area contributed by atoms with E-state index in [9.17, 15) is 20.1 Å². The van der Waals surface area contributed by atoms with E-state index < -0.39 is 23.2 Å². The summed E-state index contributed by atoms with van der Waals surface area (Å²) in [6.45, 7) is 10.5. The molecule has 4 aliphatic rings. The summed E-state index contributed by atoms with van der Waals surface area (Å²) in [6.07, 6.45) is 4.21. The van der Waals surface area contributed by atoms with Gasteiger partial charge in [0.05, 0.1) is 17.8 Å². The van der Waals surface area contributed by atoms with Crippen LogP contribution >= 0.6 is 0 Å². The predicted octanol–water partition coefficient (Wildman–Crippen LogP) is 2.77. The second-order valence-electron chi connectivity index (χ2n) is 9.94. The van der Waals surface area contributed by atoms with Crippen LogP contribution < -0.4 is 0 Å². The first-order valence-electron chi connectivity index (χ1n) is 10.0. The van der Waals surface area contributed by atoms with Crippen molar-refractivity contribution in [1.29, 1.82) is 0 Å². The van der Waals surface area contributed by atoms with Gasteiger partial charge >= 0.3 is 0 Å². The van der Waals surface area contributed by atoms with Crippen LogP contribution in [0.3, 0.4) is 0 Å². The molecule has 0 aromatic carbocycles. The number of rotatable bonds is 1. The van der Waals surface area contributed by atoms with Crippen LogP contribution in [0.2, 0.25) is 0 Å². The zero-order valence-electron chi connectivity index (χ0n) is 16.2. The molecule has 144 valence electrons. The van der Waals surface area contributed by atoms with Gasteiger partial charge in [-0.15, -0.1) is 0 Å². The zero-order valence-corrected chi connectivity index (χ0v) is 16.2. The van der Waals surface area contributed by atoms with Crippen LogP contribution in [0.25, 0.3) is 0 Å². The molecule has 0 bridgehead atoms. The third-order valence-electron chi connectivity index (χ3n) is 8.71. The number of hydrogen-bond acceptors (Lipinski definition) is 4. The van der Waals surface area contributed by atoms with Gasteiger partial charge in [-0.1, -0.05) is 26.0 Å². The Hall–Kier alpha value is -0.970. The first kappa shape index (κ1) is 18.4. The van der Waals surface area contributed by atoms with Crippen molar-refractivity contribution in [3.8, 4) is 0 Å². The molecule has 0 heterocycles. The quantitative estimate of drug-likeness (QED) is 0.629. The highest BCUT2D eigenvalue weighted by atomic mass is 16.3. The number of fused-ring (bicyclic) bond motifs is 5. The Balaban J connectivity index is 1.80. The second kappa shape index (κ2) is 5.52. The summed E-state index contributed by atoms with van der Waals surface area (Å²) >= 11 is 0. The van der Waals surface area contributed by atoms with Gasteiger partial charge in [0.15, 0.2) is 5.78 Å². The molecule has 0 saturated heterocycles. The van der Waals surface area contributed by atoms with Crippen molar-refractivity contribution in [3.05, 3.63) is 23.8 Å². The number of carbonyl (C=O) groups is 1. The van der Waals surface area contributed by atoms with Gasteiger partial charge in [-0.05, 0) is 74.3 Å². The molecule has 3 saturated carbocycles. The first-order valence-corrected chi connectivity index (χ1v) is 10.0. The molecule has 6 unspecified atom stereocenters. The average molecular weight is 360 g/mol. The molecule has 4 rings (SSSR count). The number of hydrogen-bond donors (Lipinski definition) is 3. The number of ketones is 1. The van der Waals surface area contributed by atoms with Gasteiger partial charge in [-0.3, -0.25) is 4.79 Å². The van der Waals surface area contributed by atoms with E-state index in [1.807, 2.05) is 6.92 Å². The molecule has 0 aliphatic heterocycles. The number of allylic oxidation sites excluding steroid dienone is 2. The Morgan fingerprint density at radius 1 is 1.15 bits per heavy atom. The van der Waals surface area contributed by atoms with Gasteiger partial charge in [0, 0.05) is 11.3 Å². The molecule has 26 heavy (non-hydrogen) atoms. The van der Waals surface area contributed by atoms with Crippen molar-refractivity contribution >= 4 is 5.78 Å². The molecule has 4 aliphatic carbocycles. The fraction of sp³-hybridized carbons (Fsp3) is 0.773. The lowest BCUT2D eigenvalue weighted by Gasteiger charge is -2.59. The lowest BCUT2D eigenvalue weighted by Crippen LogP contribution is -2.60. The first-order chi connectivity index (χ1) is 12.0. The van der Waals surface area contributed by atoms with Crippen molar-refractivity contribution in [3.63, 3.8) is 0 Å². The van der Waals surface area contributed by atoms with Crippen molar-refractivity contribution < 1.29 is 20.1 Å². The summed E-state index contributed by atoms with van der Waals surface area (Å²) in [5.74, 6) is 0.116. The number of aliphatic hydroxyl groups is 3. The molecule has 0 aromatic rings. The summed E-state index contributed by atoms with van der Waals surface area (Å²) in [4.78, 5) is 13.0. The highest BCUT2D eigenvalue weighted by Crippen LogP contribution is 2.67. The van der Waals surface area contributed by atoms with Gasteiger partial charge in [0.2, 0.25) is 0 Å². The molecule has 0 radical (unpaired) electrons. The molecule has 0 aromatic heterocycles. The lowest BCUT2D eigenvalue weighted by atomic mass is 9.46. The third-order valence-corrected chi connectivity index (χ3v) is 8.71. The maximum absolute atomic E-state index is 13.0. The summed E-state index contributed by atoms with van der Waals surface area (Å²) in [6, 6.07) is 0. The Morgan fingerprint density at radius 3 is 2.50 bits per heavy atom. The minimum atomic E-state index is -0.968. The molecule has 8 atom stereocenters. The number of carbonyl (C=O) groups excluding carboxylic acids is 1. The fourth-order valence-corrected chi connectivity index (χ4v) is 7.16. The van der Waals surface area contributed by atoms with Crippen LogP contribution in [0.4, 0.5) is 0 Å². The Bertz CT molecular complexity index is 696. The van der Waals surface area contributed by atoms with E-state index in [0.29, 0.717) is 19.3 Å². The van der Waals surface area contributed by atoms with E-state index in [0.717, 1.165) is 30.4 Å². The SMILES string of the molecule is C=C(C)C1CC[C@@]2(O)C3=CC(=O)C4C[C@@H](O)C(O)CC4(C)C3CCC12C. The Labute approximate surface area is 156 Å².